The van der Waals surface area contributed by atoms with Crippen LogP contribution < -0.4 is 5.32 Å². The van der Waals surface area contributed by atoms with Gasteiger partial charge in [0.15, 0.2) is 0 Å². The van der Waals surface area contributed by atoms with Crippen molar-refractivity contribution in [3.8, 4) is 0 Å². The average Bonchev–Trinajstić information content (AvgIpc) is 2.70. The van der Waals surface area contributed by atoms with Gasteiger partial charge in [0.25, 0.3) is 0 Å². The highest BCUT2D eigenvalue weighted by atomic mass is 16.5. The van der Waals surface area contributed by atoms with Crippen LogP contribution in [0.25, 0.3) is 0 Å². The molecule has 0 bridgehead atoms. The fraction of sp³-hybridized carbons (Fsp3) is 0.636. The number of hydrogen-bond donors (Lipinski definition) is 1. The van der Waals surface area contributed by atoms with E-state index in [1.807, 2.05) is 42.2 Å². The number of nitrogens with one attached hydrogen (secondary N) is 1. The van der Waals surface area contributed by atoms with Gasteiger partial charge in [0.1, 0.15) is 0 Å². The third-order valence-electron chi connectivity index (χ3n) is 5.65. The van der Waals surface area contributed by atoms with E-state index >= 15 is 0 Å². The monoisotopic (exact) mass is 389 g/mol. The maximum absolute atomic E-state index is 12.7. The summed E-state index contributed by atoms with van der Waals surface area (Å²) in [5, 5.41) is 2.98. The first kappa shape index (κ1) is 22.2. The molecule has 2 rings (SSSR count). The van der Waals surface area contributed by atoms with Crippen LogP contribution >= 0.6 is 0 Å². The quantitative estimate of drug-likeness (QED) is 0.652. The van der Waals surface area contributed by atoms with Crippen LogP contribution in [0.1, 0.15) is 40.0 Å². The lowest BCUT2D eigenvalue weighted by atomic mass is 9.81. The van der Waals surface area contributed by atoms with Crippen molar-refractivity contribution in [1.29, 1.82) is 0 Å². The Balaban J connectivity index is 1.99. The summed E-state index contributed by atoms with van der Waals surface area (Å²) in [5.41, 5.74) is 0.806. The highest BCUT2D eigenvalue weighted by Gasteiger charge is 2.33. The summed E-state index contributed by atoms with van der Waals surface area (Å²) < 4.78 is 5.17. The highest BCUT2D eigenvalue weighted by Crippen LogP contribution is 2.30. The van der Waals surface area contributed by atoms with Gasteiger partial charge in [-0.3, -0.25) is 4.79 Å². The lowest BCUT2D eigenvalue weighted by Gasteiger charge is -2.39. The molecule has 1 heterocycles. The zero-order valence-corrected chi connectivity index (χ0v) is 17.5. The molecule has 6 nitrogen and oxygen atoms in total. The number of rotatable bonds is 9. The topological polar surface area (TPSA) is 61.9 Å². The molecule has 1 aromatic carbocycles. The second-order valence-electron chi connectivity index (χ2n) is 7.38. The summed E-state index contributed by atoms with van der Waals surface area (Å²) in [6.45, 7) is 11.0. The van der Waals surface area contributed by atoms with Crippen molar-refractivity contribution < 1.29 is 14.3 Å². The normalized spacial score (nSPS) is 19.5. The summed E-state index contributed by atoms with van der Waals surface area (Å²) in [4.78, 5) is 29.0. The van der Waals surface area contributed by atoms with Crippen molar-refractivity contribution in [2.75, 3.05) is 44.6 Å². The molecule has 1 aromatic rings. The molecule has 1 fully saturated rings. The van der Waals surface area contributed by atoms with Crippen LogP contribution in [0.2, 0.25) is 0 Å². The summed E-state index contributed by atoms with van der Waals surface area (Å²) in [5.74, 6) is 0.457. The first-order chi connectivity index (χ1) is 13.6. The maximum Gasteiger partial charge on any atom is 0.321 e. The highest BCUT2D eigenvalue weighted by molar-refractivity contribution is 5.89. The van der Waals surface area contributed by atoms with E-state index in [4.69, 9.17) is 4.74 Å². The third kappa shape index (κ3) is 6.82. The molecule has 0 saturated carbocycles. The SMILES string of the molecule is CCOC(=O)CC1CCN(C(=O)Nc2ccccc2)CC1CCN(CC)CC. The van der Waals surface area contributed by atoms with E-state index < -0.39 is 0 Å². The molecule has 2 unspecified atom stereocenters. The van der Waals surface area contributed by atoms with Crippen LogP contribution in [0, 0.1) is 11.8 Å². The van der Waals surface area contributed by atoms with Crippen molar-refractivity contribution >= 4 is 17.7 Å². The Labute approximate surface area is 169 Å². The Hall–Kier alpha value is -2.08. The number of urea groups is 1. The number of carbonyl (C=O) groups excluding carboxylic acids is 2. The summed E-state index contributed by atoms with van der Waals surface area (Å²) in [6, 6.07) is 9.47. The minimum Gasteiger partial charge on any atom is -0.466 e. The molecule has 1 aliphatic rings. The number of amides is 2. The van der Waals surface area contributed by atoms with Crippen molar-refractivity contribution in [3.63, 3.8) is 0 Å². The van der Waals surface area contributed by atoms with E-state index in [0.29, 0.717) is 32.0 Å². The molecule has 2 amide bonds. The number of ether oxygens (including phenoxy) is 1. The van der Waals surface area contributed by atoms with Crippen LogP contribution in [0.15, 0.2) is 30.3 Å². The molecule has 156 valence electrons. The Morgan fingerprint density at radius 3 is 2.50 bits per heavy atom. The molecule has 6 heteroatoms. The zero-order valence-electron chi connectivity index (χ0n) is 17.5. The minimum atomic E-state index is -0.123. The lowest BCUT2D eigenvalue weighted by molar-refractivity contribution is -0.145. The lowest BCUT2D eigenvalue weighted by Crippen LogP contribution is -2.47. The second-order valence-corrected chi connectivity index (χ2v) is 7.38. The van der Waals surface area contributed by atoms with E-state index in [1.165, 1.54) is 0 Å². The minimum absolute atomic E-state index is 0.0615. The fourth-order valence-electron chi connectivity index (χ4n) is 3.91. The van der Waals surface area contributed by atoms with E-state index in [2.05, 4.69) is 24.1 Å². The average molecular weight is 390 g/mol. The molecule has 1 N–H and O–H groups in total. The first-order valence-electron chi connectivity index (χ1n) is 10.6. The van der Waals surface area contributed by atoms with E-state index in [1.54, 1.807) is 0 Å². The van der Waals surface area contributed by atoms with Gasteiger partial charge >= 0.3 is 12.0 Å². The van der Waals surface area contributed by atoms with Gasteiger partial charge in [0.05, 0.1) is 6.61 Å². The number of likely N-dealkylation sites (tertiary alicyclic amines) is 1. The summed E-state index contributed by atoms with van der Waals surface area (Å²) in [7, 11) is 0. The Bertz CT molecular complexity index is 604. The molecule has 1 saturated heterocycles. The number of hydrogen-bond acceptors (Lipinski definition) is 4. The molecule has 28 heavy (non-hydrogen) atoms. The van der Waals surface area contributed by atoms with E-state index in [-0.39, 0.29) is 17.9 Å². The maximum atomic E-state index is 12.7. The van der Waals surface area contributed by atoms with Gasteiger partial charge in [-0.1, -0.05) is 32.0 Å². The van der Waals surface area contributed by atoms with Crippen molar-refractivity contribution in [1.82, 2.24) is 9.80 Å². The van der Waals surface area contributed by atoms with Gasteiger partial charge in [0, 0.05) is 25.2 Å². The predicted molar refractivity (Wildman–Crippen MR) is 112 cm³/mol. The number of benzene rings is 1. The molecule has 0 spiro atoms. The smallest absolute Gasteiger partial charge is 0.321 e. The van der Waals surface area contributed by atoms with Gasteiger partial charge in [-0.25, -0.2) is 4.79 Å². The number of esters is 1. The predicted octanol–water partition coefficient (Wildman–Crippen LogP) is 3.84. The van der Waals surface area contributed by atoms with Crippen molar-refractivity contribution in [2.24, 2.45) is 11.8 Å². The second kappa shape index (κ2) is 11.7. The Morgan fingerprint density at radius 1 is 1.14 bits per heavy atom. The molecule has 2 atom stereocenters. The molecular formula is C22H35N3O3. The largest absolute Gasteiger partial charge is 0.466 e. The zero-order chi connectivity index (χ0) is 20.4. The van der Waals surface area contributed by atoms with E-state index in [0.717, 1.165) is 38.2 Å². The van der Waals surface area contributed by atoms with Crippen LogP contribution in [0.3, 0.4) is 0 Å². The van der Waals surface area contributed by atoms with Crippen molar-refractivity contribution in [2.45, 2.75) is 40.0 Å². The number of anilines is 1. The Morgan fingerprint density at radius 2 is 1.86 bits per heavy atom. The number of carbonyl (C=O) groups is 2. The van der Waals surface area contributed by atoms with Gasteiger partial charge in [-0.15, -0.1) is 0 Å². The first-order valence-corrected chi connectivity index (χ1v) is 10.6. The molecule has 0 aliphatic carbocycles. The molecular weight excluding hydrogens is 354 g/mol. The van der Waals surface area contributed by atoms with Crippen LogP contribution in [-0.2, 0) is 9.53 Å². The van der Waals surface area contributed by atoms with Gasteiger partial charge in [0.2, 0.25) is 0 Å². The molecule has 1 aliphatic heterocycles. The van der Waals surface area contributed by atoms with Gasteiger partial charge in [-0.05, 0) is 63.4 Å². The van der Waals surface area contributed by atoms with E-state index in [9.17, 15) is 9.59 Å². The van der Waals surface area contributed by atoms with Crippen LogP contribution in [0.5, 0.6) is 0 Å². The van der Waals surface area contributed by atoms with Gasteiger partial charge < -0.3 is 19.9 Å². The third-order valence-corrected chi connectivity index (χ3v) is 5.65. The molecule has 0 aromatic heterocycles. The van der Waals surface area contributed by atoms with Gasteiger partial charge in [-0.2, -0.15) is 0 Å². The van der Waals surface area contributed by atoms with Crippen molar-refractivity contribution in [3.05, 3.63) is 30.3 Å². The fourth-order valence-corrected chi connectivity index (χ4v) is 3.91. The number of para-hydroxylation sites is 1. The number of piperidine rings is 1. The van der Waals surface area contributed by atoms with Crippen LogP contribution in [-0.4, -0.2) is 61.1 Å². The summed E-state index contributed by atoms with van der Waals surface area (Å²) in [6.07, 6.45) is 2.27. The summed E-state index contributed by atoms with van der Waals surface area (Å²) >= 11 is 0. The number of nitrogens with zero attached hydrogens (tertiary/aromatic N) is 2. The standard InChI is InChI=1S/C22H35N3O3/c1-4-24(5-2)14-12-19-17-25(15-13-18(19)16-21(26)28-6-3)22(27)23-20-10-8-7-9-11-20/h7-11,18-19H,4-6,12-17H2,1-3H3,(H,23,27). The molecule has 0 radical (unpaired) electrons. The van der Waals surface area contributed by atoms with Crippen LogP contribution in [0.4, 0.5) is 10.5 Å². The Kier molecular flexibility index (Phi) is 9.28.